The van der Waals surface area contributed by atoms with Crippen LogP contribution < -0.4 is 5.32 Å². The average Bonchev–Trinajstić information content (AvgIpc) is 2.63. The Morgan fingerprint density at radius 1 is 1.27 bits per heavy atom. The van der Waals surface area contributed by atoms with E-state index < -0.39 is 0 Å². The maximum absolute atomic E-state index is 4.43. The lowest BCUT2D eigenvalue weighted by Gasteiger charge is -2.05. The second-order valence-electron chi connectivity index (χ2n) is 3.53. The van der Waals surface area contributed by atoms with E-state index in [0.29, 0.717) is 0 Å². The van der Waals surface area contributed by atoms with E-state index in [1.807, 2.05) is 38.5 Å². The standard InChI is InChI=1S/C12H15N3/c1-13-8-11-9-14-12(15(11)2)10-6-4-3-5-7-10/h3-7,9,13H,8H2,1-2H3. The van der Waals surface area contributed by atoms with Crippen molar-refractivity contribution in [2.24, 2.45) is 7.05 Å². The number of imidazole rings is 1. The fourth-order valence-corrected chi connectivity index (χ4v) is 1.65. The number of aromatic nitrogens is 2. The Hall–Kier alpha value is -1.61. The number of nitrogens with zero attached hydrogens (tertiary/aromatic N) is 2. The largest absolute Gasteiger partial charge is 0.330 e. The SMILES string of the molecule is CNCc1cnc(-c2ccccc2)n1C. The third-order valence-corrected chi connectivity index (χ3v) is 2.47. The first kappa shape index (κ1) is 9.93. The van der Waals surface area contributed by atoms with Crippen molar-refractivity contribution >= 4 is 0 Å². The zero-order chi connectivity index (χ0) is 10.7. The number of hydrogen-bond donors (Lipinski definition) is 1. The Morgan fingerprint density at radius 2 is 2.00 bits per heavy atom. The predicted molar refractivity (Wildman–Crippen MR) is 61.4 cm³/mol. The van der Waals surface area contributed by atoms with Gasteiger partial charge in [-0.1, -0.05) is 30.3 Å². The maximum atomic E-state index is 4.43. The summed E-state index contributed by atoms with van der Waals surface area (Å²) < 4.78 is 2.12. The third kappa shape index (κ3) is 1.92. The van der Waals surface area contributed by atoms with Crippen LogP contribution in [0, 0.1) is 0 Å². The van der Waals surface area contributed by atoms with Crippen LogP contribution in [0.4, 0.5) is 0 Å². The molecule has 0 unspecified atom stereocenters. The summed E-state index contributed by atoms with van der Waals surface area (Å²) in [4.78, 5) is 4.43. The molecule has 1 N–H and O–H groups in total. The van der Waals surface area contributed by atoms with E-state index in [2.05, 4.69) is 27.0 Å². The molecule has 2 rings (SSSR count). The first-order valence-electron chi connectivity index (χ1n) is 5.03. The monoisotopic (exact) mass is 201 g/mol. The molecule has 0 aliphatic heterocycles. The molecular formula is C12H15N3. The lowest BCUT2D eigenvalue weighted by molar-refractivity contribution is 0.737. The van der Waals surface area contributed by atoms with Gasteiger partial charge in [0.1, 0.15) is 5.82 Å². The van der Waals surface area contributed by atoms with Crippen LogP contribution in [-0.2, 0) is 13.6 Å². The molecule has 1 aromatic heterocycles. The molecule has 0 aliphatic rings. The van der Waals surface area contributed by atoms with E-state index in [4.69, 9.17) is 0 Å². The van der Waals surface area contributed by atoms with Gasteiger partial charge in [0.05, 0.1) is 11.9 Å². The molecule has 0 radical (unpaired) electrons. The van der Waals surface area contributed by atoms with Crippen LogP contribution in [0.25, 0.3) is 11.4 Å². The summed E-state index contributed by atoms with van der Waals surface area (Å²) in [5.74, 6) is 1.01. The zero-order valence-electron chi connectivity index (χ0n) is 9.07. The van der Waals surface area contributed by atoms with Gasteiger partial charge in [0, 0.05) is 19.2 Å². The molecule has 0 fully saturated rings. The predicted octanol–water partition coefficient (Wildman–Crippen LogP) is 1.81. The molecule has 2 aromatic rings. The summed E-state index contributed by atoms with van der Waals surface area (Å²) in [5, 5.41) is 3.13. The highest BCUT2D eigenvalue weighted by Gasteiger charge is 2.06. The topological polar surface area (TPSA) is 29.9 Å². The van der Waals surface area contributed by atoms with Crippen LogP contribution in [0.5, 0.6) is 0 Å². The molecule has 0 bridgehead atoms. The molecule has 3 nitrogen and oxygen atoms in total. The molecule has 1 aromatic carbocycles. The summed E-state index contributed by atoms with van der Waals surface area (Å²) in [6.07, 6.45) is 1.92. The van der Waals surface area contributed by atoms with Crippen molar-refractivity contribution in [2.45, 2.75) is 6.54 Å². The van der Waals surface area contributed by atoms with Crippen molar-refractivity contribution in [3.8, 4) is 11.4 Å². The fraction of sp³-hybridized carbons (Fsp3) is 0.250. The van der Waals surface area contributed by atoms with Crippen molar-refractivity contribution in [1.29, 1.82) is 0 Å². The second-order valence-corrected chi connectivity index (χ2v) is 3.53. The third-order valence-electron chi connectivity index (χ3n) is 2.47. The summed E-state index contributed by atoms with van der Waals surface area (Å²) in [6.45, 7) is 0.844. The lowest BCUT2D eigenvalue weighted by Crippen LogP contribution is -2.09. The van der Waals surface area contributed by atoms with E-state index in [1.165, 1.54) is 5.69 Å². The van der Waals surface area contributed by atoms with Gasteiger partial charge in [-0.05, 0) is 7.05 Å². The quantitative estimate of drug-likeness (QED) is 0.820. The van der Waals surface area contributed by atoms with Crippen molar-refractivity contribution in [3.63, 3.8) is 0 Å². The van der Waals surface area contributed by atoms with Gasteiger partial charge in [0.25, 0.3) is 0 Å². The van der Waals surface area contributed by atoms with E-state index in [0.717, 1.165) is 17.9 Å². The Kier molecular flexibility index (Phi) is 2.83. The molecule has 0 atom stereocenters. The molecule has 0 saturated heterocycles. The highest BCUT2D eigenvalue weighted by atomic mass is 15.1. The van der Waals surface area contributed by atoms with E-state index in [-0.39, 0.29) is 0 Å². The van der Waals surface area contributed by atoms with Crippen molar-refractivity contribution in [1.82, 2.24) is 14.9 Å². The van der Waals surface area contributed by atoms with Gasteiger partial charge in [-0.15, -0.1) is 0 Å². The minimum absolute atomic E-state index is 0.844. The van der Waals surface area contributed by atoms with Crippen molar-refractivity contribution in [2.75, 3.05) is 7.05 Å². The van der Waals surface area contributed by atoms with Gasteiger partial charge < -0.3 is 9.88 Å². The number of benzene rings is 1. The van der Waals surface area contributed by atoms with Gasteiger partial charge in [0.15, 0.2) is 0 Å². The summed E-state index contributed by atoms with van der Waals surface area (Å²) >= 11 is 0. The van der Waals surface area contributed by atoms with E-state index >= 15 is 0 Å². The van der Waals surface area contributed by atoms with Crippen LogP contribution >= 0.6 is 0 Å². The van der Waals surface area contributed by atoms with E-state index in [1.54, 1.807) is 0 Å². The van der Waals surface area contributed by atoms with Gasteiger partial charge in [-0.3, -0.25) is 0 Å². The lowest BCUT2D eigenvalue weighted by atomic mass is 10.2. The first-order valence-corrected chi connectivity index (χ1v) is 5.03. The molecule has 1 heterocycles. The summed E-state index contributed by atoms with van der Waals surface area (Å²) in [6, 6.07) is 10.2. The number of hydrogen-bond acceptors (Lipinski definition) is 2. The van der Waals surface area contributed by atoms with Crippen molar-refractivity contribution < 1.29 is 0 Å². The van der Waals surface area contributed by atoms with E-state index in [9.17, 15) is 0 Å². The Labute approximate surface area is 89.8 Å². The average molecular weight is 201 g/mol. The van der Waals surface area contributed by atoms with Crippen molar-refractivity contribution in [3.05, 3.63) is 42.2 Å². The highest BCUT2D eigenvalue weighted by Crippen LogP contribution is 2.17. The van der Waals surface area contributed by atoms with Gasteiger partial charge in [-0.2, -0.15) is 0 Å². The minimum Gasteiger partial charge on any atom is -0.330 e. The molecule has 0 aliphatic carbocycles. The summed E-state index contributed by atoms with van der Waals surface area (Å²) in [7, 11) is 3.98. The Balaban J connectivity index is 2.38. The molecular weight excluding hydrogens is 186 g/mol. The van der Waals surface area contributed by atoms with Gasteiger partial charge in [0.2, 0.25) is 0 Å². The van der Waals surface area contributed by atoms with Gasteiger partial charge >= 0.3 is 0 Å². The Morgan fingerprint density at radius 3 is 2.67 bits per heavy atom. The van der Waals surface area contributed by atoms with Gasteiger partial charge in [-0.25, -0.2) is 4.98 Å². The molecule has 0 spiro atoms. The second kappa shape index (κ2) is 4.28. The zero-order valence-corrected chi connectivity index (χ0v) is 9.07. The summed E-state index contributed by atoms with van der Waals surface area (Å²) in [5.41, 5.74) is 2.35. The molecule has 0 saturated carbocycles. The maximum Gasteiger partial charge on any atom is 0.139 e. The molecule has 0 amide bonds. The number of nitrogens with one attached hydrogen (secondary N) is 1. The Bertz CT molecular complexity index is 431. The smallest absolute Gasteiger partial charge is 0.139 e. The first-order chi connectivity index (χ1) is 7.33. The van der Waals surface area contributed by atoms with Crippen LogP contribution in [0.2, 0.25) is 0 Å². The highest BCUT2D eigenvalue weighted by molar-refractivity contribution is 5.55. The normalized spacial score (nSPS) is 10.5. The fourth-order valence-electron chi connectivity index (χ4n) is 1.65. The van der Waals surface area contributed by atoms with Crippen LogP contribution in [-0.4, -0.2) is 16.6 Å². The molecule has 15 heavy (non-hydrogen) atoms. The minimum atomic E-state index is 0.844. The molecule has 3 heteroatoms. The number of rotatable bonds is 3. The van der Waals surface area contributed by atoms with Crippen LogP contribution in [0.3, 0.4) is 0 Å². The molecule has 78 valence electrons. The van der Waals surface area contributed by atoms with Crippen LogP contribution in [0.15, 0.2) is 36.5 Å². The van der Waals surface area contributed by atoms with Crippen LogP contribution in [0.1, 0.15) is 5.69 Å².